The molecule has 1 aromatic carbocycles. The maximum atomic E-state index is 9.57. The number of aryl methyl sites for hydroxylation is 1. The van der Waals surface area contributed by atoms with E-state index >= 15 is 0 Å². The molecule has 0 atom stereocenters. The Morgan fingerprint density at radius 3 is 2.69 bits per heavy atom. The molecule has 0 unspecified atom stereocenters. The first-order chi connectivity index (χ1) is 6.29. The van der Waals surface area contributed by atoms with Gasteiger partial charge in [-0.25, -0.2) is 0 Å². The minimum atomic E-state index is 0.459. The van der Waals surface area contributed by atoms with Crippen molar-refractivity contribution in [3.63, 3.8) is 0 Å². The van der Waals surface area contributed by atoms with Crippen LogP contribution >= 0.6 is 0 Å². The predicted octanol–water partition coefficient (Wildman–Crippen LogP) is 2.97. The largest absolute Gasteiger partial charge is 0.508 e. The second-order valence-electron chi connectivity index (χ2n) is 3.91. The van der Waals surface area contributed by atoms with E-state index in [-0.39, 0.29) is 0 Å². The number of hydrogen-bond acceptors (Lipinski definition) is 1. The number of benzene rings is 1. The molecular formula is C12H16O. The molecule has 0 radical (unpaired) electrons. The average molecular weight is 176 g/mol. The van der Waals surface area contributed by atoms with Gasteiger partial charge >= 0.3 is 0 Å². The maximum Gasteiger partial charge on any atom is 0.118 e. The van der Waals surface area contributed by atoms with Crippen molar-refractivity contribution in [1.82, 2.24) is 0 Å². The fourth-order valence-corrected chi connectivity index (χ4v) is 2.18. The Morgan fingerprint density at radius 1 is 1.08 bits per heavy atom. The first kappa shape index (κ1) is 8.61. The van der Waals surface area contributed by atoms with Crippen LogP contribution in [0.1, 0.15) is 36.0 Å². The minimum Gasteiger partial charge on any atom is -0.508 e. The second kappa shape index (κ2) is 3.41. The first-order valence-electron chi connectivity index (χ1n) is 5.09. The highest BCUT2D eigenvalue weighted by molar-refractivity contribution is 5.44. The van der Waals surface area contributed by atoms with Crippen LogP contribution in [-0.2, 0) is 12.8 Å². The smallest absolute Gasteiger partial charge is 0.118 e. The molecule has 1 aromatic rings. The van der Waals surface area contributed by atoms with Crippen molar-refractivity contribution in [2.24, 2.45) is 0 Å². The van der Waals surface area contributed by atoms with Gasteiger partial charge in [-0.1, -0.05) is 12.5 Å². The van der Waals surface area contributed by atoms with Crippen molar-refractivity contribution < 1.29 is 5.11 Å². The lowest BCUT2D eigenvalue weighted by Gasteiger charge is -2.10. The normalized spacial score (nSPS) is 16.4. The van der Waals surface area contributed by atoms with Crippen molar-refractivity contribution in [3.8, 4) is 5.75 Å². The van der Waals surface area contributed by atoms with E-state index in [4.69, 9.17) is 0 Å². The quantitative estimate of drug-likeness (QED) is 0.602. The third-order valence-electron chi connectivity index (χ3n) is 3.04. The highest BCUT2D eigenvalue weighted by Crippen LogP contribution is 2.28. The molecule has 1 heteroatoms. The number of aromatic hydroxyl groups is 1. The highest BCUT2D eigenvalue weighted by Gasteiger charge is 2.11. The molecule has 0 spiro atoms. The molecule has 1 aliphatic rings. The molecule has 70 valence electrons. The molecule has 0 bridgehead atoms. The van der Waals surface area contributed by atoms with Crippen LogP contribution in [0, 0.1) is 6.92 Å². The monoisotopic (exact) mass is 176 g/mol. The Labute approximate surface area is 79.4 Å². The van der Waals surface area contributed by atoms with Crippen molar-refractivity contribution >= 4 is 0 Å². The van der Waals surface area contributed by atoms with E-state index in [1.807, 2.05) is 13.0 Å². The van der Waals surface area contributed by atoms with Crippen molar-refractivity contribution in [1.29, 1.82) is 0 Å². The molecule has 1 N–H and O–H groups in total. The van der Waals surface area contributed by atoms with Gasteiger partial charge in [0.05, 0.1) is 0 Å². The van der Waals surface area contributed by atoms with Crippen LogP contribution in [0.2, 0.25) is 0 Å². The summed E-state index contributed by atoms with van der Waals surface area (Å²) in [6.45, 7) is 2.03. The predicted molar refractivity (Wildman–Crippen MR) is 54.1 cm³/mol. The Morgan fingerprint density at radius 2 is 1.85 bits per heavy atom. The van der Waals surface area contributed by atoms with E-state index in [1.54, 1.807) is 0 Å². The van der Waals surface area contributed by atoms with E-state index in [9.17, 15) is 5.11 Å². The number of hydrogen-bond donors (Lipinski definition) is 1. The van der Waals surface area contributed by atoms with Crippen LogP contribution in [0.4, 0.5) is 0 Å². The van der Waals surface area contributed by atoms with Crippen LogP contribution in [0.25, 0.3) is 0 Å². The van der Waals surface area contributed by atoms with E-state index in [0.717, 1.165) is 12.0 Å². The standard InChI is InChI=1S/C12H16O/c1-9-11-6-4-2-3-5-10(11)7-8-12(9)13/h7-8,13H,2-6H2,1H3. The summed E-state index contributed by atoms with van der Waals surface area (Å²) in [5, 5.41) is 9.57. The van der Waals surface area contributed by atoms with Crippen LogP contribution < -0.4 is 0 Å². The van der Waals surface area contributed by atoms with Gasteiger partial charge in [-0.2, -0.15) is 0 Å². The second-order valence-corrected chi connectivity index (χ2v) is 3.91. The van der Waals surface area contributed by atoms with Gasteiger partial charge in [0.2, 0.25) is 0 Å². The molecule has 0 amide bonds. The summed E-state index contributed by atoms with van der Waals surface area (Å²) in [5.74, 6) is 0.459. The topological polar surface area (TPSA) is 20.2 Å². The molecule has 13 heavy (non-hydrogen) atoms. The number of fused-ring (bicyclic) bond motifs is 1. The van der Waals surface area contributed by atoms with Crippen molar-refractivity contribution in [2.75, 3.05) is 0 Å². The van der Waals surface area contributed by atoms with Gasteiger partial charge in [0, 0.05) is 0 Å². The fourth-order valence-electron chi connectivity index (χ4n) is 2.18. The van der Waals surface area contributed by atoms with Crippen molar-refractivity contribution in [2.45, 2.75) is 39.0 Å². The molecule has 0 heterocycles. The van der Waals surface area contributed by atoms with Crippen LogP contribution in [0.3, 0.4) is 0 Å². The zero-order valence-electron chi connectivity index (χ0n) is 8.14. The zero-order valence-corrected chi connectivity index (χ0v) is 8.14. The molecule has 0 aliphatic heterocycles. The van der Waals surface area contributed by atoms with Gasteiger partial charge < -0.3 is 5.11 Å². The summed E-state index contributed by atoms with van der Waals surface area (Å²) in [7, 11) is 0. The lowest BCUT2D eigenvalue weighted by molar-refractivity contribution is 0.470. The van der Waals surface area contributed by atoms with Crippen LogP contribution in [0.5, 0.6) is 5.75 Å². The van der Waals surface area contributed by atoms with Gasteiger partial charge in [0.25, 0.3) is 0 Å². The summed E-state index contributed by atoms with van der Waals surface area (Å²) in [6.07, 6.45) is 6.25. The third kappa shape index (κ3) is 1.55. The number of phenols is 1. The fraction of sp³-hybridized carbons (Fsp3) is 0.500. The third-order valence-corrected chi connectivity index (χ3v) is 3.04. The molecular weight excluding hydrogens is 160 g/mol. The van der Waals surface area contributed by atoms with Gasteiger partial charge in [0.15, 0.2) is 0 Å². The minimum absolute atomic E-state index is 0.459. The summed E-state index contributed by atoms with van der Waals surface area (Å²) >= 11 is 0. The van der Waals surface area contributed by atoms with E-state index < -0.39 is 0 Å². The number of rotatable bonds is 0. The summed E-state index contributed by atoms with van der Waals surface area (Å²) < 4.78 is 0. The molecule has 0 fully saturated rings. The van der Waals surface area contributed by atoms with Crippen LogP contribution in [0.15, 0.2) is 12.1 Å². The Balaban J connectivity index is 2.48. The molecule has 1 nitrogen and oxygen atoms in total. The molecule has 0 saturated heterocycles. The van der Waals surface area contributed by atoms with E-state index in [1.165, 1.54) is 36.8 Å². The zero-order chi connectivity index (χ0) is 9.26. The van der Waals surface area contributed by atoms with E-state index in [0.29, 0.717) is 5.75 Å². The molecule has 1 aliphatic carbocycles. The Kier molecular flexibility index (Phi) is 2.26. The highest BCUT2D eigenvalue weighted by atomic mass is 16.3. The molecule has 0 aromatic heterocycles. The SMILES string of the molecule is Cc1c(O)ccc2c1CCCCC2. The maximum absolute atomic E-state index is 9.57. The summed E-state index contributed by atoms with van der Waals surface area (Å²) in [6, 6.07) is 3.92. The molecule has 2 rings (SSSR count). The Hall–Kier alpha value is -0.980. The van der Waals surface area contributed by atoms with Gasteiger partial charge in [-0.05, 0) is 55.4 Å². The van der Waals surface area contributed by atoms with Crippen molar-refractivity contribution in [3.05, 3.63) is 28.8 Å². The number of phenolic OH excluding ortho intramolecular Hbond substituents is 1. The van der Waals surface area contributed by atoms with E-state index in [2.05, 4.69) is 6.07 Å². The van der Waals surface area contributed by atoms with Crippen LogP contribution in [-0.4, -0.2) is 5.11 Å². The average Bonchev–Trinajstić information content (AvgIpc) is 2.36. The lowest BCUT2D eigenvalue weighted by Crippen LogP contribution is -1.94. The van der Waals surface area contributed by atoms with Gasteiger partial charge in [-0.15, -0.1) is 0 Å². The Bertz CT molecular complexity index is 315. The van der Waals surface area contributed by atoms with Gasteiger partial charge in [0.1, 0.15) is 5.75 Å². The summed E-state index contributed by atoms with van der Waals surface area (Å²) in [5.41, 5.74) is 3.95. The summed E-state index contributed by atoms with van der Waals surface area (Å²) in [4.78, 5) is 0. The van der Waals surface area contributed by atoms with Gasteiger partial charge in [-0.3, -0.25) is 0 Å². The first-order valence-corrected chi connectivity index (χ1v) is 5.09. The molecule has 0 saturated carbocycles. The lowest BCUT2D eigenvalue weighted by atomic mass is 9.97.